The Balaban J connectivity index is 2.66. The van der Waals surface area contributed by atoms with E-state index in [1.54, 1.807) is 6.92 Å². The monoisotopic (exact) mass is 195 g/mol. The van der Waals surface area contributed by atoms with Crippen molar-refractivity contribution in [2.45, 2.75) is 32.6 Å². The van der Waals surface area contributed by atoms with Gasteiger partial charge in [0.25, 0.3) is 0 Å². The molecule has 0 radical (unpaired) electrons. The zero-order valence-corrected chi connectivity index (χ0v) is 8.57. The summed E-state index contributed by atoms with van der Waals surface area (Å²) in [5.74, 6) is 0. The van der Waals surface area contributed by atoms with Crippen LogP contribution in [0.2, 0.25) is 0 Å². The molecule has 0 amide bonds. The van der Waals surface area contributed by atoms with Crippen LogP contribution in [0.15, 0.2) is 24.3 Å². The molecule has 0 heterocycles. The van der Waals surface area contributed by atoms with E-state index in [-0.39, 0.29) is 12.6 Å². The summed E-state index contributed by atoms with van der Waals surface area (Å²) in [4.78, 5) is 0. The zero-order valence-electron chi connectivity index (χ0n) is 8.57. The molecule has 0 spiro atoms. The quantitative estimate of drug-likeness (QED) is 0.680. The van der Waals surface area contributed by atoms with E-state index < -0.39 is 6.10 Å². The molecule has 1 aromatic carbocycles. The highest BCUT2D eigenvalue weighted by Gasteiger charge is 2.07. The topological polar surface area (TPSA) is 52.5 Å². The molecule has 2 atom stereocenters. The Morgan fingerprint density at radius 1 is 1.36 bits per heavy atom. The van der Waals surface area contributed by atoms with Crippen molar-refractivity contribution >= 4 is 5.69 Å². The van der Waals surface area contributed by atoms with Crippen molar-refractivity contribution in [1.29, 1.82) is 0 Å². The molecule has 0 fully saturated rings. The van der Waals surface area contributed by atoms with E-state index in [1.807, 2.05) is 31.2 Å². The van der Waals surface area contributed by atoms with Gasteiger partial charge in [0.05, 0.1) is 12.7 Å². The van der Waals surface area contributed by atoms with E-state index >= 15 is 0 Å². The lowest BCUT2D eigenvalue weighted by atomic mass is 10.1. The van der Waals surface area contributed by atoms with Crippen molar-refractivity contribution in [2.75, 3.05) is 5.32 Å². The molecule has 0 aromatic heterocycles. The Hall–Kier alpha value is -1.06. The van der Waals surface area contributed by atoms with Crippen molar-refractivity contribution in [3.05, 3.63) is 29.8 Å². The van der Waals surface area contributed by atoms with Gasteiger partial charge in [-0.2, -0.15) is 0 Å². The van der Waals surface area contributed by atoms with Crippen LogP contribution in [0.4, 0.5) is 5.69 Å². The van der Waals surface area contributed by atoms with Crippen LogP contribution in [0, 0.1) is 0 Å². The predicted octanol–water partition coefficient (Wildman–Crippen LogP) is 1.36. The van der Waals surface area contributed by atoms with Crippen LogP contribution in [-0.2, 0) is 6.61 Å². The Morgan fingerprint density at radius 3 is 2.64 bits per heavy atom. The highest BCUT2D eigenvalue weighted by molar-refractivity contribution is 5.46. The largest absolute Gasteiger partial charge is 0.392 e. The number of aliphatic hydroxyl groups excluding tert-OH is 2. The van der Waals surface area contributed by atoms with Crippen LogP contribution in [-0.4, -0.2) is 22.4 Å². The Morgan fingerprint density at radius 2 is 2.07 bits per heavy atom. The number of anilines is 1. The van der Waals surface area contributed by atoms with E-state index in [9.17, 15) is 5.11 Å². The highest BCUT2D eigenvalue weighted by Crippen LogP contribution is 2.12. The van der Waals surface area contributed by atoms with Crippen molar-refractivity contribution in [3.63, 3.8) is 0 Å². The maximum atomic E-state index is 9.30. The molecule has 2 unspecified atom stereocenters. The second-order valence-electron chi connectivity index (χ2n) is 3.53. The van der Waals surface area contributed by atoms with Gasteiger partial charge in [-0.25, -0.2) is 0 Å². The molecule has 0 saturated carbocycles. The molecule has 3 N–H and O–H groups in total. The summed E-state index contributed by atoms with van der Waals surface area (Å²) in [7, 11) is 0. The molecular weight excluding hydrogens is 178 g/mol. The third kappa shape index (κ3) is 3.01. The van der Waals surface area contributed by atoms with Gasteiger partial charge in [0, 0.05) is 11.7 Å². The van der Waals surface area contributed by atoms with Crippen LogP contribution >= 0.6 is 0 Å². The molecule has 0 aliphatic carbocycles. The second-order valence-corrected chi connectivity index (χ2v) is 3.53. The fourth-order valence-corrected chi connectivity index (χ4v) is 1.14. The summed E-state index contributed by atoms with van der Waals surface area (Å²) in [5, 5.41) is 21.4. The van der Waals surface area contributed by atoms with Crippen LogP contribution in [0.3, 0.4) is 0 Å². The smallest absolute Gasteiger partial charge is 0.0710 e. The number of hydrogen-bond acceptors (Lipinski definition) is 3. The third-order valence-electron chi connectivity index (χ3n) is 2.23. The maximum Gasteiger partial charge on any atom is 0.0710 e. The summed E-state index contributed by atoms with van der Waals surface area (Å²) in [6, 6.07) is 7.53. The standard InChI is InChI=1S/C11H17NO2/c1-8(9(2)14)12-11-5-3-4-10(6-11)7-13/h3-6,8-9,12-14H,7H2,1-2H3. The number of hydrogen-bond donors (Lipinski definition) is 3. The molecule has 0 bridgehead atoms. The van der Waals surface area contributed by atoms with Crippen molar-refractivity contribution in [3.8, 4) is 0 Å². The van der Waals surface area contributed by atoms with Crippen molar-refractivity contribution in [2.24, 2.45) is 0 Å². The first kappa shape index (κ1) is 11.0. The summed E-state index contributed by atoms with van der Waals surface area (Å²) < 4.78 is 0. The van der Waals surface area contributed by atoms with Crippen LogP contribution in [0.1, 0.15) is 19.4 Å². The van der Waals surface area contributed by atoms with Crippen molar-refractivity contribution < 1.29 is 10.2 Å². The summed E-state index contributed by atoms with van der Waals surface area (Å²) in [6.07, 6.45) is -0.396. The van der Waals surface area contributed by atoms with Gasteiger partial charge < -0.3 is 15.5 Å². The molecule has 0 aliphatic rings. The van der Waals surface area contributed by atoms with Gasteiger partial charge in [-0.15, -0.1) is 0 Å². The average molecular weight is 195 g/mol. The minimum absolute atomic E-state index is 0.00365. The molecule has 3 heteroatoms. The van der Waals surface area contributed by atoms with E-state index in [0.29, 0.717) is 0 Å². The number of nitrogens with one attached hydrogen (secondary N) is 1. The number of aliphatic hydroxyl groups is 2. The number of rotatable bonds is 4. The second kappa shape index (κ2) is 4.98. The third-order valence-corrected chi connectivity index (χ3v) is 2.23. The van der Waals surface area contributed by atoms with Gasteiger partial charge in [0.1, 0.15) is 0 Å². The van der Waals surface area contributed by atoms with Crippen molar-refractivity contribution in [1.82, 2.24) is 0 Å². The number of benzene rings is 1. The lowest BCUT2D eigenvalue weighted by Gasteiger charge is -2.18. The Labute approximate surface area is 84.4 Å². The minimum atomic E-state index is -0.396. The van der Waals surface area contributed by atoms with Gasteiger partial charge in [-0.1, -0.05) is 12.1 Å². The first-order valence-corrected chi connectivity index (χ1v) is 4.78. The zero-order chi connectivity index (χ0) is 10.6. The maximum absolute atomic E-state index is 9.30. The van der Waals surface area contributed by atoms with Gasteiger partial charge in [-0.05, 0) is 31.5 Å². The van der Waals surface area contributed by atoms with Gasteiger partial charge >= 0.3 is 0 Å². The van der Waals surface area contributed by atoms with E-state index in [0.717, 1.165) is 11.3 Å². The lowest BCUT2D eigenvalue weighted by molar-refractivity contribution is 0.178. The van der Waals surface area contributed by atoms with Gasteiger partial charge in [0.15, 0.2) is 0 Å². The molecule has 78 valence electrons. The van der Waals surface area contributed by atoms with E-state index in [4.69, 9.17) is 5.11 Å². The molecule has 0 saturated heterocycles. The Kier molecular flexibility index (Phi) is 3.92. The fraction of sp³-hybridized carbons (Fsp3) is 0.455. The van der Waals surface area contributed by atoms with Crippen LogP contribution in [0.5, 0.6) is 0 Å². The first-order chi connectivity index (χ1) is 6.63. The fourth-order valence-electron chi connectivity index (χ4n) is 1.14. The lowest BCUT2D eigenvalue weighted by Crippen LogP contribution is -2.27. The molecule has 1 rings (SSSR count). The van der Waals surface area contributed by atoms with Gasteiger partial charge in [-0.3, -0.25) is 0 Å². The SMILES string of the molecule is CC(O)C(C)Nc1cccc(CO)c1. The average Bonchev–Trinajstić information content (AvgIpc) is 2.18. The molecule has 3 nitrogen and oxygen atoms in total. The van der Waals surface area contributed by atoms with Gasteiger partial charge in [0.2, 0.25) is 0 Å². The highest BCUT2D eigenvalue weighted by atomic mass is 16.3. The molecule has 14 heavy (non-hydrogen) atoms. The van der Waals surface area contributed by atoms with Crippen LogP contribution < -0.4 is 5.32 Å². The molecular formula is C11H17NO2. The minimum Gasteiger partial charge on any atom is -0.392 e. The predicted molar refractivity (Wildman–Crippen MR) is 57.1 cm³/mol. The molecule has 0 aliphatic heterocycles. The van der Waals surface area contributed by atoms with E-state index in [2.05, 4.69) is 5.32 Å². The van der Waals surface area contributed by atoms with Crippen LogP contribution in [0.25, 0.3) is 0 Å². The normalized spacial score (nSPS) is 14.9. The van der Waals surface area contributed by atoms with E-state index in [1.165, 1.54) is 0 Å². The first-order valence-electron chi connectivity index (χ1n) is 4.78. The summed E-state index contributed by atoms with van der Waals surface area (Å²) >= 11 is 0. The summed E-state index contributed by atoms with van der Waals surface area (Å²) in [5.41, 5.74) is 1.79. The Bertz CT molecular complexity index is 286. The summed E-state index contributed by atoms with van der Waals surface area (Å²) in [6.45, 7) is 3.70. The molecule has 1 aromatic rings.